The lowest BCUT2D eigenvalue weighted by Crippen LogP contribution is -2.38. The molecule has 5 N–H and O–H groups in total. The first kappa shape index (κ1) is 18.3. The summed E-state index contributed by atoms with van der Waals surface area (Å²) >= 11 is 0. The second kappa shape index (κ2) is 8.23. The summed E-state index contributed by atoms with van der Waals surface area (Å²) in [6, 6.07) is 15.2. The van der Waals surface area contributed by atoms with Crippen LogP contribution in [0.5, 0.6) is 0 Å². The molecule has 0 radical (unpaired) electrons. The molecule has 2 atom stereocenters. The van der Waals surface area contributed by atoms with Crippen molar-refractivity contribution in [2.75, 3.05) is 31.1 Å². The van der Waals surface area contributed by atoms with Gasteiger partial charge in [-0.2, -0.15) is 0 Å². The predicted molar refractivity (Wildman–Crippen MR) is 107 cm³/mol. The Morgan fingerprint density at radius 3 is 2.54 bits per heavy atom. The van der Waals surface area contributed by atoms with Gasteiger partial charge in [0.15, 0.2) is 0 Å². The Labute approximate surface area is 155 Å². The lowest BCUT2D eigenvalue weighted by Gasteiger charge is -2.26. The van der Waals surface area contributed by atoms with E-state index in [9.17, 15) is 4.79 Å². The normalized spacial score (nSPS) is 17.0. The quantitative estimate of drug-likeness (QED) is 0.698. The van der Waals surface area contributed by atoms with Crippen LogP contribution in [0, 0.1) is 0 Å². The van der Waals surface area contributed by atoms with Gasteiger partial charge in [0.2, 0.25) is 5.91 Å². The van der Waals surface area contributed by atoms with Crippen LogP contribution in [-0.4, -0.2) is 30.4 Å². The summed E-state index contributed by atoms with van der Waals surface area (Å²) in [6.45, 7) is 4.85. The number of likely N-dealkylation sites (tertiary alicyclic amines) is 1. The average Bonchev–Trinajstić information content (AvgIpc) is 3.14. The number of nitrogens with zero attached hydrogens (tertiary/aromatic N) is 1. The molecule has 0 saturated carbocycles. The Balaban J connectivity index is 1.78. The van der Waals surface area contributed by atoms with Gasteiger partial charge in [-0.25, -0.2) is 0 Å². The number of carbonyl (C=O) groups is 1. The number of nitrogens with two attached hydrogens (primary N) is 2. The van der Waals surface area contributed by atoms with Gasteiger partial charge in [-0.05, 0) is 62.2 Å². The SMILES string of the molecule is CC(C(=O)N[C@@H](CN1CCCC1)c1cccc(N)c1)c1ccccc1N. The molecule has 0 spiro atoms. The minimum Gasteiger partial charge on any atom is -0.399 e. The highest BCUT2D eigenvalue weighted by atomic mass is 16.1. The zero-order chi connectivity index (χ0) is 18.5. The van der Waals surface area contributed by atoms with Crippen molar-refractivity contribution in [3.05, 3.63) is 59.7 Å². The fourth-order valence-corrected chi connectivity index (χ4v) is 3.58. The Morgan fingerprint density at radius 2 is 1.85 bits per heavy atom. The number of nitrogens with one attached hydrogen (secondary N) is 1. The van der Waals surface area contributed by atoms with Gasteiger partial charge >= 0.3 is 0 Å². The first-order chi connectivity index (χ1) is 12.5. The Morgan fingerprint density at radius 1 is 1.12 bits per heavy atom. The van der Waals surface area contributed by atoms with E-state index in [1.54, 1.807) is 0 Å². The third-order valence-corrected chi connectivity index (χ3v) is 5.12. The number of amides is 1. The fraction of sp³-hybridized carbons (Fsp3) is 0.381. The zero-order valence-corrected chi connectivity index (χ0v) is 15.3. The van der Waals surface area contributed by atoms with Crippen molar-refractivity contribution in [3.8, 4) is 0 Å². The molecule has 5 heteroatoms. The number of rotatable bonds is 6. The summed E-state index contributed by atoms with van der Waals surface area (Å²) in [5.74, 6) is -0.326. The summed E-state index contributed by atoms with van der Waals surface area (Å²) in [5.41, 5.74) is 15.3. The summed E-state index contributed by atoms with van der Waals surface area (Å²) in [6.07, 6.45) is 2.43. The van der Waals surface area contributed by atoms with Crippen LogP contribution < -0.4 is 16.8 Å². The largest absolute Gasteiger partial charge is 0.399 e. The lowest BCUT2D eigenvalue weighted by atomic mass is 9.97. The van der Waals surface area contributed by atoms with E-state index in [1.165, 1.54) is 12.8 Å². The first-order valence-corrected chi connectivity index (χ1v) is 9.27. The van der Waals surface area contributed by atoms with Crippen LogP contribution in [-0.2, 0) is 4.79 Å². The third kappa shape index (κ3) is 4.35. The number of anilines is 2. The molecule has 3 rings (SSSR count). The van der Waals surface area contributed by atoms with Crippen LogP contribution >= 0.6 is 0 Å². The van der Waals surface area contributed by atoms with Gasteiger partial charge in [0.05, 0.1) is 12.0 Å². The topological polar surface area (TPSA) is 84.4 Å². The third-order valence-electron chi connectivity index (χ3n) is 5.12. The van der Waals surface area contributed by atoms with Crippen LogP contribution in [0.2, 0.25) is 0 Å². The van der Waals surface area contributed by atoms with E-state index in [4.69, 9.17) is 11.5 Å². The molecule has 5 nitrogen and oxygen atoms in total. The van der Waals surface area contributed by atoms with Crippen molar-refractivity contribution < 1.29 is 4.79 Å². The molecule has 0 aliphatic carbocycles. The molecule has 1 saturated heterocycles. The smallest absolute Gasteiger partial charge is 0.227 e. The molecule has 1 aliphatic heterocycles. The molecule has 0 aromatic heterocycles. The van der Waals surface area contributed by atoms with E-state index in [1.807, 2.05) is 55.5 Å². The van der Waals surface area contributed by atoms with Gasteiger partial charge in [0, 0.05) is 17.9 Å². The standard InChI is InChI=1S/C21H28N4O/c1-15(18-9-2-3-10-19(18)23)21(26)24-20(14-25-11-4-5-12-25)16-7-6-8-17(22)13-16/h2-3,6-10,13,15,20H,4-5,11-12,14,22-23H2,1H3,(H,24,26)/t15?,20-/m0/s1. The van der Waals surface area contributed by atoms with E-state index in [2.05, 4.69) is 10.2 Å². The fourth-order valence-electron chi connectivity index (χ4n) is 3.58. The second-order valence-electron chi connectivity index (χ2n) is 7.09. The van der Waals surface area contributed by atoms with Crippen LogP contribution in [0.25, 0.3) is 0 Å². The molecule has 1 fully saturated rings. The zero-order valence-electron chi connectivity index (χ0n) is 15.3. The summed E-state index contributed by atoms with van der Waals surface area (Å²) < 4.78 is 0. The molecule has 1 heterocycles. The maximum absolute atomic E-state index is 12.9. The molecule has 1 amide bonds. The van der Waals surface area contributed by atoms with Gasteiger partial charge in [0.1, 0.15) is 0 Å². The molecule has 2 aromatic rings. The number of para-hydroxylation sites is 1. The van der Waals surface area contributed by atoms with Crippen molar-refractivity contribution in [1.29, 1.82) is 0 Å². The van der Waals surface area contributed by atoms with Crippen LogP contribution in [0.4, 0.5) is 11.4 Å². The van der Waals surface area contributed by atoms with Gasteiger partial charge < -0.3 is 21.7 Å². The average molecular weight is 352 g/mol. The monoisotopic (exact) mass is 352 g/mol. The van der Waals surface area contributed by atoms with Crippen LogP contribution in [0.3, 0.4) is 0 Å². The van der Waals surface area contributed by atoms with E-state index in [0.29, 0.717) is 11.4 Å². The number of hydrogen-bond acceptors (Lipinski definition) is 4. The molecule has 1 aliphatic rings. The number of hydrogen-bond donors (Lipinski definition) is 3. The van der Waals surface area contributed by atoms with Crippen LogP contribution in [0.1, 0.15) is 42.9 Å². The van der Waals surface area contributed by atoms with Gasteiger partial charge in [-0.3, -0.25) is 4.79 Å². The maximum Gasteiger partial charge on any atom is 0.227 e. The van der Waals surface area contributed by atoms with E-state index in [0.717, 1.165) is 30.8 Å². The van der Waals surface area contributed by atoms with E-state index >= 15 is 0 Å². The predicted octanol–water partition coefficient (Wildman–Crippen LogP) is 2.91. The molecular formula is C21H28N4O. The molecule has 26 heavy (non-hydrogen) atoms. The van der Waals surface area contributed by atoms with Crippen molar-refractivity contribution >= 4 is 17.3 Å². The van der Waals surface area contributed by atoms with E-state index < -0.39 is 0 Å². The Hall–Kier alpha value is -2.53. The minimum atomic E-state index is -0.307. The molecule has 1 unspecified atom stereocenters. The molecule has 2 aromatic carbocycles. The second-order valence-corrected chi connectivity index (χ2v) is 7.09. The number of benzene rings is 2. The highest BCUT2D eigenvalue weighted by Gasteiger charge is 2.24. The molecular weight excluding hydrogens is 324 g/mol. The minimum absolute atomic E-state index is 0.0190. The van der Waals surface area contributed by atoms with Crippen molar-refractivity contribution in [2.45, 2.75) is 31.7 Å². The van der Waals surface area contributed by atoms with Crippen molar-refractivity contribution in [3.63, 3.8) is 0 Å². The molecule has 0 bridgehead atoms. The van der Waals surface area contributed by atoms with E-state index in [-0.39, 0.29) is 17.9 Å². The molecule has 138 valence electrons. The summed E-state index contributed by atoms with van der Waals surface area (Å²) in [7, 11) is 0. The highest BCUT2D eigenvalue weighted by molar-refractivity contribution is 5.85. The van der Waals surface area contributed by atoms with Gasteiger partial charge in [-0.15, -0.1) is 0 Å². The summed E-state index contributed by atoms with van der Waals surface area (Å²) in [4.78, 5) is 15.3. The maximum atomic E-state index is 12.9. The van der Waals surface area contributed by atoms with Gasteiger partial charge in [0.25, 0.3) is 0 Å². The number of carbonyl (C=O) groups excluding carboxylic acids is 1. The summed E-state index contributed by atoms with van der Waals surface area (Å²) in [5, 5.41) is 3.22. The lowest BCUT2D eigenvalue weighted by molar-refractivity contribution is -0.123. The first-order valence-electron chi connectivity index (χ1n) is 9.27. The van der Waals surface area contributed by atoms with Gasteiger partial charge in [-0.1, -0.05) is 30.3 Å². The highest BCUT2D eigenvalue weighted by Crippen LogP contribution is 2.25. The number of nitrogen functional groups attached to an aromatic ring is 2. The van der Waals surface area contributed by atoms with Crippen molar-refractivity contribution in [1.82, 2.24) is 10.2 Å². The Kier molecular flexibility index (Phi) is 5.78. The van der Waals surface area contributed by atoms with Crippen molar-refractivity contribution in [2.24, 2.45) is 0 Å². The van der Waals surface area contributed by atoms with Crippen LogP contribution in [0.15, 0.2) is 48.5 Å². The Bertz CT molecular complexity index is 755.